The second-order valence-electron chi connectivity index (χ2n) is 4.38. The van der Waals surface area contributed by atoms with Crippen LogP contribution in [0.2, 0.25) is 0 Å². The van der Waals surface area contributed by atoms with E-state index in [0.717, 1.165) is 19.5 Å². The van der Waals surface area contributed by atoms with Gasteiger partial charge in [0.15, 0.2) is 11.5 Å². The second-order valence-corrected chi connectivity index (χ2v) is 4.38. The number of methoxy groups -OCH3 is 3. The summed E-state index contributed by atoms with van der Waals surface area (Å²) < 4.78 is 15.7. The van der Waals surface area contributed by atoms with E-state index < -0.39 is 0 Å². The summed E-state index contributed by atoms with van der Waals surface area (Å²) in [6.07, 6.45) is 0.879. The van der Waals surface area contributed by atoms with Crippen LogP contribution < -0.4 is 24.8 Å². The summed E-state index contributed by atoms with van der Waals surface area (Å²) in [7, 11) is 4.58. The van der Waals surface area contributed by atoms with E-state index in [-0.39, 0.29) is 5.91 Å². The van der Waals surface area contributed by atoms with Crippen LogP contribution in [-0.4, -0.2) is 46.9 Å². The van der Waals surface area contributed by atoms with Crippen LogP contribution in [0.25, 0.3) is 0 Å². The van der Waals surface area contributed by atoms with Gasteiger partial charge >= 0.3 is 0 Å². The van der Waals surface area contributed by atoms with Gasteiger partial charge in [0.25, 0.3) is 5.91 Å². The molecule has 21 heavy (non-hydrogen) atoms. The van der Waals surface area contributed by atoms with E-state index in [2.05, 4.69) is 17.6 Å². The van der Waals surface area contributed by atoms with Crippen molar-refractivity contribution in [3.63, 3.8) is 0 Å². The van der Waals surface area contributed by atoms with Gasteiger partial charge in [0, 0.05) is 12.1 Å². The molecule has 0 aromatic heterocycles. The quantitative estimate of drug-likeness (QED) is 0.675. The second kappa shape index (κ2) is 9.07. The van der Waals surface area contributed by atoms with Gasteiger partial charge in [-0.3, -0.25) is 4.79 Å². The van der Waals surface area contributed by atoms with E-state index in [1.165, 1.54) is 21.3 Å². The van der Waals surface area contributed by atoms with Gasteiger partial charge in [-0.25, -0.2) is 0 Å². The molecule has 0 saturated heterocycles. The molecule has 0 atom stereocenters. The highest BCUT2D eigenvalue weighted by Crippen LogP contribution is 2.38. The van der Waals surface area contributed by atoms with Crippen molar-refractivity contribution in [2.45, 2.75) is 13.3 Å². The molecule has 1 aromatic rings. The van der Waals surface area contributed by atoms with E-state index >= 15 is 0 Å². The maximum atomic E-state index is 12.1. The molecule has 0 heterocycles. The lowest BCUT2D eigenvalue weighted by molar-refractivity contribution is 0.0952. The first-order chi connectivity index (χ1) is 10.2. The zero-order chi connectivity index (χ0) is 15.7. The maximum Gasteiger partial charge on any atom is 0.251 e. The summed E-state index contributed by atoms with van der Waals surface area (Å²) >= 11 is 0. The number of hydrogen-bond acceptors (Lipinski definition) is 5. The third-order valence-corrected chi connectivity index (χ3v) is 2.99. The fourth-order valence-electron chi connectivity index (χ4n) is 1.91. The van der Waals surface area contributed by atoms with Crippen LogP contribution in [0, 0.1) is 0 Å². The van der Waals surface area contributed by atoms with Crippen molar-refractivity contribution in [2.24, 2.45) is 0 Å². The molecule has 0 radical (unpaired) electrons. The molecule has 0 bridgehead atoms. The van der Waals surface area contributed by atoms with Crippen molar-refractivity contribution in [3.05, 3.63) is 17.7 Å². The van der Waals surface area contributed by atoms with E-state index in [0.29, 0.717) is 29.4 Å². The molecule has 6 heteroatoms. The minimum atomic E-state index is -0.161. The Labute approximate surface area is 125 Å². The third kappa shape index (κ3) is 4.82. The topological polar surface area (TPSA) is 68.8 Å². The first kappa shape index (κ1) is 17.1. The molecule has 0 aliphatic heterocycles. The van der Waals surface area contributed by atoms with Crippen molar-refractivity contribution in [3.8, 4) is 17.2 Å². The normalized spacial score (nSPS) is 10.1. The Morgan fingerprint density at radius 1 is 1.05 bits per heavy atom. The fourth-order valence-corrected chi connectivity index (χ4v) is 1.91. The van der Waals surface area contributed by atoms with Crippen LogP contribution >= 0.6 is 0 Å². The van der Waals surface area contributed by atoms with Crippen LogP contribution in [0.5, 0.6) is 17.2 Å². The van der Waals surface area contributed by atoms with Gasteiger partial charge in [-0.1, -0.05) is 6.92 Å². The Morgan fingerprint density at radius 2 is 1.67 bits per heavy atom. The van der Waals surface area contributed by atoms with Gasteiger partial charge in [0.1, 0.15) is 0 Å². The van der Waals surface area contributed by atoms with Crippen molar-refractivity contribution in [1.82, 2.24) is 10.6 Å². The van der Waals surface area contributed by atoms with Crippen molar-refractivity contribution < 1.29 is 19.0 Å². The third-order valence-electron chi connectivity index (χ3n) is 2.99. The number of amides is 1. The summed E-state index contributed by atoms with van der Waals surface area (Å²) in [6.45, 7) is 4.48. The molecule has 6 nitrogen and oxygen atoms in total. The lowest BCUT2D eigenvalue weighted by Gasteiger charge is -2.14. The number of ether oxygens (including phenoxy) is 3. The molecular weight excluding hydrogens is 272 g/mol. The average molecular weight is 296 g/mol. The van der Waals surface area contributed by atoms with Gasteiger partial charge in [0.05, 0.1) is 21.3 Å². The van der Waals surface area contributed by atoms with Gasteiger partial charge in [-0.05, 0) is 31.6 Å². The number of carbonyl (C=O) groups is 1. The number of carbonyl (C=O) groups excluding carboxylic acids is 1. The van der Waals surface area contributed by atoms with E-state index in [4.69, 9.17) is 14.2 Å². The highest BCUT2D eigenvalue weighted by Gasteiger charge is 2.16. The molecule has 1 rings (SSSR count). The van der Waals surface area contributed by atoms with Gasteiger partial charge in [0.2, 0.25) is 5.75 Å². The van der Waals surface area contributed by atoms with Crippen LogP contribution in [0.4, 0.5) is 0 Å². The molecule has 1 amide bonds. The standard InChI is InChI=1S/C15H24N2O4/c1-5-16-7-6-8-17-15(18)11-9-12(19-2)14(21-4)13(10-11)20-3/h9-10,16H,5-8H2,1-4H3,(H,17,18). The largest absolute Gasteiger partial charge is 0.493 e. The minimum Gasteiger partial charge on any atom is -0.493 e. The summed E-state index contributed by atoms with van der Waals surface area (Å²) in [6, 6.07) is 3.28. The van der Waals surface area contributed by atoms with Crippen molar-refractivity contribution in [2.75, 3.05) is 41.0 Å². The van der Waals surface area contributed by atoms with Gasteiger partial charge < -0.3 is 24.8 Å². The smallest absolute Gasteiger partial charge is 0.251 e. The van der Waals surface area contributed by atoms with Crippen LogP contribution in [0.15, 0.2) is 12.1 Å². The summed E-state index contributed by atoms with van der Waals surface area (Å²) in [5, 5.41) is 6.07. The first-order valence-corrected chi connectivity index (χ1v) is 6.96. The highest BCUT2D eigenvalue weighted by molar-refractivity contribution is 5.95. The van der Waals surface area contributed by atoms with E-state index in [1.807, 2.05) is 0 Å². The molecule has 1 aromatic carbocycles. The Hall–Kier alpha value is -1.95. The molecule has 0 spiro atoms. The molecule has 0 unspecified atom stereocenters. The Kier molecular flexibility index (Phi) is 7.39. The highest BCUT2D eigenvalue weighted by atomic mass is 16.5. The number of hydrogen-bond donors (Lipinski definition) is 2. The Bertz CT molecular complexity index is 438. The summed E-state index contributed by atoms with van der Waals surface area (Å²) in [4.78, 5) is 12.1. The summed E-state index contributed by atoms with van der Waals surface area (Å²) in [5.74, 6) is 1.25. The maximum absolute atomic E-state index is 12.1. The predicted octanol–water partition coefficient (Wildman–Crippen LogP) is 1.44. The molecular formula is C15H24N2O4. The number of nitrogens with one attached hydrogen (secondary N) is 2. The molecule has 2 N–H and O–H groups in total. The monoisotopic (exact) mass is 296 g/mol. The van der Waals surface area contributed by atoms with Gasteiger partial charge in [-0.15, -0.1) is 0 Å². The van der Waals surface area contributed by atoms with E-state index in [1.54, 1.807) is 12.1 Å². The predicted molar refractivity (Wildman–Crippen MR) is 81.6 cm³/mol. The van der Waals surface area contributed by atoms with Gasteiger partial charge in [-0.2, -0.15) is 0 Å². The molecule has 118 valence electrons. The fraction of sp³-hybridized carbons (Fsp3) is 0.533. The minimum absolute atomic E-state index is 0.161. The number of benzene rings is 1. The molecule has 0 aliphatic rings. The lowest BCUT2D eigenvalue weighted by atomic mass is 10.1. The van der Waals surface area contributed by atoms with Crippen LogP contribution in [0.3, 0.4) is 0 Å². The van der Waals surface area contributed by atoms with Crippen LogP contribution in [0.1, 0.15) is 23.7 Å². The zero-order valence-corrected chi connectivity index (χ0v) is 13.1. The molecule has 0 aliphatic carbocycles. The van der Waals surface area contributed by atoms with E-state index in [9.17, 15) is 4.79 Å². The summed E-state index contributed by atoms with van der Waals surface area (Å²) in [5.41, 5.74) is 0.480. The molecule has 0 fully saturated rings. The zero-order valence-electron chi connectivity index (χ0n) is 13.1. The molecule has 0 saturated carbocycles. The number of rotatable bonds is 9. The lowest BCUT2D eigenvalue weighted by Crippen LogP contribution is -2.27. The SMILES string of the molecule is CCNCCCNC(=O)c1cc(OC)c(OC)c(OC)c1. The average Bonchev–Trinajstić information content (AvgIpc) is 2.52. The van der Waals surface area contributed by atoms with Crippen LogP contribution in [-0.2, 0) is 0 Å². The Balaban J connectivity index is 2.75. The Morgan fingerprint density at radius 3 is 2.14 bits per heavy atom. The van der Waals surface area contributed by atoms with Crippen molar-refractivity contribution >= 4 is 5.91 Å². The first-order valence-electron chi connectivity index (χ1n) is 6.96. The van der Waals surface area contributed by atoms with Crippen molar-refractivity contribution in [1.29, 1.82) is 0 Å².